The first kappa shape index (κ1) is 20.0. The topological polar surface area (TPSA) is 118 Å². The molecule has 31 heavy (non-hydrogen) atoms. The average molecular weight is 441 g/mol. The van der Waals surface area contributed by atoms with Crippen LogP contribution in [0.1, 0.15) is 24.4 Å². The van der Waals surface area contributed by atoms with Gasteiger partial charge in [0.05, 0.1) is 11.7 Å². The highest BCUT2D eigenvalue weighted by Crippen LogP contribution is 2.47. The maximum Gasteiger partial charge on any atom is 0.330 e. The van der Waals surface area contributed by atoms with Crippen LogP contribution in [-0.4, -0.2) is 44.7 Å². The molecular weight excluding hydrogens is 416 g/mol. The van der Waals surface area contributed by atoms with Gasteiger partial charge in [-0.05, 0) is 43.5 Å². The number of benzene rings is 1. The predicted octanol–water partition coefficient (Wildman–Crippen LogP) is 3.82. The van der Waals surface area contributed by atoms with E-state index in [1.807, 2.05) is 31.2 Å². The summed E-state index contributed by atoms with van der Waals surface area (Å²) < 4.78 is 23.1. The number of nitrogens with one attached hydrogen (secondary N) is 1. The van der Waals surface area contributed by atoms with Gasteiger partial charge >= 0.3 is 5.69 Å². The van der Waals surface area contributed by atoms with Crippen LogP contribution >= 0.6 is 10.6 Å². The number of hydrogen-bond donors (Lipinski definition) is 3. The van der Waals surface area contributed by atoms with E-state index in [1.54, 1.807) is 28.6 Å². The SMILES string of the molecule is Cc1cc2ncccc2cc1Nc1ncc2c(n1)n(C1CCS(O)(O)CC1)c(=O)n2C. The Bertz CT molecular complexity index is 1350. The summed E-state index contributed by atoms with van der Waals surface area (Å²) in [5.41, 5.74) is 3.83. The van der Waals surface area contributed by atoms with Gasteiger partial charge in [-0.3, -0.25) is 23.2 Å². The molecule has 162 valence electrons. The molecule has 1 aromatic carbocycles. The number of aryl methyl sites for hydroxylation is 2. The molecule has 10 heteroatoms. The second kappa shape index (κ2) is 7.33. The Labute approximate surface area is 180 Å². The fourth-order valence-corrected chi connectivity index (χ4v) is 5.66. The summed E-state index contributed by atoms with van der Waals surface area (Å²) in [6.07, 6.45) is 4.48. The van der Waals surface area contributed by atoms with E-state index < -0.39 is 10.6 Å². The molecule has 0 amide bonds. The maximum absolute atomic E-state index is 12.9. The lowest BCUT2D eigenvalue weighted by molar-refractivity contribution is 0.407. The third kappa shape index (κ3) is 3.56. The third-order valence-corrected chi connectivity index (χ3v) is 7.73. The normalized spacial score (nSPS) is 17.8. The van der Waals surface area contributed by atoms with Crippen LogP contribution in [0, 0.1) is 6.92 Å². The van der Waals surface area contributed by atoms with Gasteiger partial charge < -0.3 is 5.32 Å². The van der Waals surface area contributed by atoms with E-state index in [9.17, 15) is 13.9 Å². The first-order valence-electron chi connectivity index (χ1n) is 10.1. The molecule has 1 fully saturated rings. The molecule has 3 aromatic heterocycles. The lowest BCUT2D eigenvalue weighted by Gasteiger charge is -2.39. The van der Waals surface area contributed by atoms with Gasteiger partial charge in [0.25, 0.3) is 0 Å². The van der Waals surface area contributed by atoms with Crippen molar-refractivity contribution in [2.75, 3.05) is 16.8 Å². The third-order valence-electron chi connectivity index (χ3n) is 5.95. The zero-order chi connectivity index (χ0) is 21.8. The van der Waals surface area contributed by atoms with Crippen LogP contribution in [-0.2, 0) is 7.05 Å². The Kier molecular flexibility index (Phi) is 4.72. The second-order valence-corrected chi connectivity index (χ2v) is 10.5. The number of nitrogens with zero attached hydrogens (tertiary/aromatic N) is 5. The van der Waals surface area contributed by atoms with Crippen molar-refractivity contribution < 1.29 is 9.11 Å². The van der Waals surface area contributed by atoms with Crippen molar-refractivity contribution in [3.63, 3.8) is 0 Å². The van der Waals surface area contributed by atoms with Crippen LogP contribution in [0.5, 0.6) is 0 Å². The standard InChI is InChI=1S/C21H24N6O3S/c1-13-10-17-14(4-3-7-22-17)11-16(13)24-20-23-12-18-19(25-20)27(21(28)26(18)2)15-5-8-31(29,30)9-6-15/h3-4,7,10-12,15,29-30H,5-6,8-9H2,1-2H3,(H,23,24,25). The van der Waals surface area contributed by atoms with Crippen LogP contribution in [0.3, 0.4) is 0 Å². The van der Waals surface area contributed by atoms with E-state index in [-0.39, 0.29) is 11.7 Å². The van der Waals surface area contributed by atoms with Gasteiger partial charge in [0.1, 0.15) is 5.52 Å². The lowest BCUT2D eigenvalue weighted by Crippen LogP contribution is -2.31. The quantitative estimate of drug-likeness (QED) is 0.443. The molecule has 9 nitrogen and oxygen atoms in total. The number of anilines is 2. The molecule has 0 radical (unpaired) electrons. The number of aromatic nitrogens is 5. The molecule has 0 spiro atoms. The molecule has 4 aromatic rings. The van der Waals surface area contributed by atoms with Crippen LogP contribution in [0.15, 0.2) is 41.5 Å². The number of rotatable bonds is 3. The minimum absolute atomic E-state index is 0.118. The van der Waals surface area contributed by atoms with Crippen LogP contribution in [0.25, 0.3) is 22.1 Å². The van der Waals surface area contributed by atoms with Crippen molar-refractivity contribution in [2.45, 2.75) is 25.8 Å². The Morgan fingerprint density at radius 1 is 1.19 bits per heavy atom. The Balaban J connectivity index is 1.54. The van der Waals surface area contributed by atoms with Crippen molar-refractivity contribution in [3.8, 4) is 0 Å². The minimum Gasteiger partial charge on any atom is -0.324 e. The largest absolute Gasteiger partial charge is 0.330 e. The van der Waals surface area contributed by atoms with Gasteiger partial charge in [-0.15, -0.1) is 0 Å². The van der Waals surface area contributed by atoms with E-state index >= 15 is 0 Å². The second-order valence-electron chi connectivity index (χ2n) is 8.04. The fraction of sp³-hybridized carbons (Fsp3) is 0.333. The number of pyridine rings is 1. The minimum atomic E-state index is -2.53. The zero-order valence-corrected chi connectivity index (χ0v) is 18.1. The van der Waals surface area contributed by atoms with Crippen molar-refractivity contribution in [1.82, 2.24) is 24.1 Å². The monoisotopic (exact) mass is 440 g/mol. The van der Waals surface area contributed by atoms with Crippen LogP contribution < -0.4 is 11.0 Å². The lowest BCUT2D eigenvalue weighted by atomic mass is 10.1. The van der Waals surface area contributed by atoms with Gasteiger partial charge in [-0.1, -0.05) is 6.07 Å². The highest BCUT2D eigenvalue weighted by molar-refractivity contribution is 8.24. The van der Waals surface area contributed by atoms with E-state index in [0.717, 1.165) is 22.2 Å². The number of imidazole rings is 1. The van der Waals surface area contributed by atoms with Gasteiger partial charge in [0.15, 0.2) is 5.65 Å². The van der Waals surface area contributed by atoms with E-state index in [2.05, 4.69) is 20.3 Å². The molecule has 0 saturated carbocycles. The molecule has 0 unspecified atom stereocenters. The van der Waals surface area contributed by atoms with Crippen molar-refractivity contribution in [3.05, 3.63) is 52.7 Å². The van der Waals surface area contributed by atoms with E-state index in [4.69, 9.17) is 0 Å². The molecule has 0 atom stereocenters. The number of hydrogen-bond acceptors (Lipinski definition) is 7. The fourth-order valence-electron chi connectivity index (χ4n) is 4.16. The van der Waals surface area contributed by atoms with Crippen LogP contribution in [0.2, 0.25) is 0 Å². The molecule has 0 bridgehead atoms. The van der Waals surface area contributed by atoms with E-state index in [1.165, 1.54) is 0 Å². The highest BCUT2D eigenvalue weighted by Gasteiger charge is 2.28. The maximum atomic E-state index is 12.9. The first-order valence-corrected chi connectivity index (χ1v) is 12.0. The van der Waals surface area contributed by atoms with Gasteiger partial charge in [-0.25, -0.2) is 9.78 Å². The Morgan fingerprint density at radius 2 is 1.97 bits per heavy atom. The average Bonchev–Trinajstić information content (AvgIpc) is 2.99. The summed E-state index contributed by atoms with van der Waals surface area (Å²) >= 11 is 0. The van der Waals surface area contributed by atoms with Gasteiger partial charge in [0.2, 0.25) is 5.95 Å². The predicted molar refractivity (Wildman–Crippen MR) is 123 cm³/mol. The summed E-state index contributed by atoms with van der Waals surface area (Å²) in [6, 6.07) is 7.79. The Morgan fingerprint density at radius 3 is 2.74 bits per heavy atom. The van der Waals surface area contributed by atoms with Crippen LogP contribution in [0.4, 0.5) is 11.6 Å². The molecule has 4 heterocycles. The van der Waals surface area contributed by atoms with Crippen molar-refractivity contribution in [2.24, 2.45) is 7.05 Å². The van der Waals surface area contributed by atoms with Gasteiger partial charge in [-0.2, -0.15) is 15.6 Å². The summed E-state index contributed by atoms with van der Waals surface area (Å²) in [6.45, 7) is 1.99. The zero-order valence-electron chi connectivity index (χ0n) is 17.3. The van der Waals surface area contributed by atoms with Crippen molar-refractivity contribution >= 4 is 44.3 Å². The van der Waals surface area contributed by atoms with E-state index in [0.29, 0.717) is 41.5 Å². The summed E-state index contributed by atoms with van der Waals surface area (Å²) in [5, 5.41) is 4.29. The molecule has 1 saturated heterocycles. The molecule has 0 aliphatic carbocycles. The van der Waals surface area contributed by atoms with Gasteiger partial charge in [0, 0.05) is 41.9 Å². The molecule has 3 N–H and O–H groups in total. The molecule has 1 aliphatic rings. The number of fused-ring (bicyclic) bond motifs is 2. The molecule has 5 rings (SSSR count). The van der Waals surface area contributed by atoms with Crippen molar-refractivity contribution in [1.29, 1.82) is 0 Å². The first-order chi connectivity index (χ1) is 14.8. The summed E-state index contributed by atoms with van der Waals surface area (Å²) in [7, 11) is -0.824. The summed E-state index contributed by atoms with van der Waals surface area (Å²) in [4.78, 5) is 26.4. The smallest absolute Gasteiger partial charge is 0.324 e. The summed E-state index contributed by atoms with van der Waals surface area (Å²) in [5.74, 6) is 1.01. The Hall–Kier alpha value is -2.95. The molecule has 1 aliphatic heterocycles. The molecular formula is C21H24N6O3S. The highest BCUT2D eigenvalue weighted by atomic mass is 32.3.